The van der Waals surface area contributed by atoms with Gasteiger partial charge in [-0.15, -0.1) is 0 Å². The number of para-hydroxylation sites is 1. The van der Waals surface area contributed by atoms with Gasteiger partial charge in [0.1, 0.15) is 6.61 Å². The number of fused-ring (bicyclic) bond motifs is 1. The molecular weight excluding hydrogens is 336 g/mol. The molecule has 0 saturated carbocycles. The van der Waals surface area contributed by atoms with Gasteiger partial charge in [0, 0.05) is 11.6 Å². The Labute approximate surface area is 140 Å². The standard InChI is InChI=1S/C16H11F2N3O4/c1-24-13-5-10(17)12(21(22)23)6-14(13)25-8-9-3-2-4-11-16(9)19-7-15(18)20-11/h2-7H,8H2,1H3. The summed E-state index contributed by atoms with van der Waals surface area (Å²) in [6, 6.07) is 6.77. The van der Waals surface area contributed by atoms with E-state index in [4.69, 9.17) is 9.47 Å². The molecule has 7 nitrogen and oxygen atoms in total. The highest BCUT2D eigenvalue weighted by Gasteiger charge is 2.20. The Hall–Kier alpha value is -3.36. The van der Waals surface area contributed by atoms with E-state index in [9.17, 15) is 18.9 Å². The summed E-state index contributed by atoms with van der Waals surface area (Å²) in [5.41, 5.74) is 0.632. The summed E-state index contributed by atoms with van der Waals surface area (Å²) in [5, 5.41) is 10.9. The van der Waals surface area contributed by atoms with E-state index in [0.29, 0.717) is 16.6 Å². The maximum atomic E-state index is 13.6. The lowest BCUT2D eigenvalue weighted by Crippen LogP contribution is -2.02. The summed E-state index contributed by atoms with van der Waals surface area (Å²) in [4.78, 5) is 17.7. The van der Waals surface area contributed by atoms with E-state index in [1.165, 1.54) is 7.11 Å². The summed E-state index contributed by atoms with van der Waals surface area (Å²) >= 11 is 0. The first-order valence-corrected chi connectivity index (χ1v) is 7.04. The number of rotatable bonds is 5. The van der Waals surface area contributed by atoms with Gasteiger partial charge in [0.25, 0.3) is 0 Å². The van der Waals surface area contributed by atoms with Crippen molar-refractivity contribution < 1.29 is 23.2 Å². The van der Waals surface area contributed by atoms with Gasteiger partial charge < -0.3 is 9.47 Å². The molecule has 0 unspecified atom stereocenters. The van der Waals surface area contributed by atoms with Gasteiger partial charge in [-0.05, 0) is 6.07 Å². The molecule has 2 aromatic carbocycles. The van der Waals surface area contributed by atoms with Crippen molar-refractivity contribution in [3.63, 3.8) is 0 Å². The Morgan fingerprint density at radius 3 is 2.76 bits per heavy atom. The van der Waals surface area contributed by atoms with Crippen LogP contribution < -0.4 is 9.47 Å². The SMILES string of the molecule is COc1cc(F)c([N+](=O)[O-])cc1OCc1cccc2nc(F)cnc12. The van der Waals surface area contributed by atoms with Gasteiger partial charge in [0.05, 0.1) is 35.3 Å². The van der Waals surface area contributed by atoms with Crippen LogP contribution in [-0.4, -0.2) is 22.0 Å². The van der Waals surface area contributed by atoms with Gasteiger partial charge in [-0.3, -0.25) is 10.1 Å². The molecule has 25 heavy (non-hydrogen) atoms. The molecule has 3 aromatic rings. The van der Waals surface area contributed by atoms with E-state index in [-0.39, 0.29) is 18.1 Å². The van der Waals surface area contributed by atoms with Crippen LogP contribution in [0.25, 0.3) is 11.0 Å². The lowest BCUT2D eigenvalue weighted by Gasteiger charge is -2.12. The number of aromatic nitrogens is 2. The fourth-order valence-electron chi connectivity index (χ4n) is 2.29. The second-order valence-corrected chi connectivity index (χ2v) is 4.98. The van der Waals surface area contributed by atoms with Crippen LogP contribution in [0.5, 0.6) is 11.5 Å². The fraction of sp³-hybridized carbons (Fsp3) is 0.125. The molecule has 0 amide bonds. The predicted octanol–water partition coefficient (Wildman–Crippen LogP) is 3.40. The van der Waals surface area contributed by atoms with E-state index in [2.05, 4.69) is 9.97 Å². The van der Waals surface area contributed by atoms with Crippen LogP contribution in [0, 0.1) is 21.9 Å². The van der Waals surface area contributed by atoms with Crippen molar-refractivity contribution in [1.29, 1.82) is 0 Å². The zero-order valence-electron chi connectivity index (χ0n) is 12.9. The van der Waals surface area contributed by atoms with Crippen molar-refractivity contribution >= 4 is 16.7 Å². The molecule has 128 valence electrons. The lowest BCUT2D eigenvalue weighted by molar-refractivity contribution is -0.387. The van der Waals surface area contributed by atoms with Crippen LogP contribution in [0.3, 0.4) is 0 Å². The largest absolute Gasteiger partial charge is 0.493 e. The third-order valence-corrected chi connectivity index (χ3v) is 3.44. The number of ether oxygens (including phenoxy) is 2. The predicted molar refractivity (Wildman–Crippen MR) is 83.4 cm³/mol. The average molecular weight is 347 g/mol. The number of nitro groups is 1. The maximum Gasteiger partial charge on any atom is 0.308 e. The summed E-state index contributed by atoms with van der Waals surface area (Å²) < 4.78 is 37.3. The highest BCUT2D eigenvalue weighted by Crippen LogP contribution is 2.34. The van der Waals surface area contributed by atoms with Gasteiger partial charge in [-0.2, -0.15) is 8.78 Å². The molecule has 0 N–H and O–H groups in total. The topological polar surface area (TPSA) is 87.4 Å². The van der Waals surface area contributed by atoms with Gasteiger partial charge in [-0.1, -0.05) is 12.1 Å². The van der Waals surface area contributed by atoms with Crippen LogP contribution in [0.2, 0.25) is 0 Å². The first-order valence-electron chi connectivity index (χ1n) is 7.04. The van der Waals surface area contributed by atoms with Crippen molar-refractivity contribution in [2.45, 2.75) is 6.61 Å². The molecule has 0 radical (unpaired) electrons. The zero-order valence-corrected chi connectivity index (χ0v) is 12.9. The van der Waals surface area contributed by atoms with Gasteiger partial charge >= 0.3 is 5.69 Å². The van der Waals surface area contributed by atoms with Gasteiger partial charge in [0.15, 0.2) is 11.5 Å². The number of nitrogens with zero attached hydrogens (tertiary/aromatic N) is 3. The normalized spacial score (nSPS) is 10.7. The molecule has 0 aliphatic rings. The Bertz CT molecular complexity index is 966. The number of halogens is 2. The van der Waals surface area contributed by atoms with Crippen molar-refractivity contribution in [3.8, 4) is 11.5 Å². The van der Waals surface area contributed by atoms with Crippen LogP contribution >= 0.6 is 0 Å². The van der Waals surface area contributed by atoms with Crippen molar-refractivity contribution in [2.24, 2.45) is 0 Å². The van der Waals surface area contributed by atoms with Crippen LogP contribution in [0.4, 0.5) is 14.5 Å². The molecule has 1 aromatic heterocycles. The second-order valence-electron chi connectivity index (χ2n) is 4.98. The van der Waals surface area contributed by atoms with Gasteiger partial charge in [0.2, 0.25) is 11.8 Å². The third-order valence-electron chi connectivity index (χ3n) is 3.44. The summed E-state index contributed by atoms with van der Waals surface area (Å²) in [6.07, 6.45) is 0.981. The minimum atomic E-state index is -1.03. The number of hydrogen-bond acceptors (Lipinski definition) is 6. The smallest absolute Gasteiger partial charge is 0.308 e. The number of benzene rings is 2. The van der Waals surface area contributed by atoms with E-state index >= 15 is 0 Å². The first-order chi connectivity index (χ1) is 12.0. The highest BCUT2D eigenvalue weighted by molar-refractivity contribution is 5.77. The lowest BCUT2D eigenvalue weighted by atomic mass is 10.2. The van der Waals surface area contributed by atoms with Gasteiger partial charge in [-0.25, -0.2) is 9.97 Å². The monoisotopic (exact) mass is 347 g/mol. The zero-order chi connectivity index (χ0) is 18.0. The van der Waals surface area contributed by atoms with Crippen LogP contribution in [-0.2, 0) is 6.61 Å². The molecule has 0 aliphatic carbocycles. The molecule has 0 bridgehead atoms. The Balaban J connectivity index is 1.94. The molecule has 0 aliphatic heterocycles. The Morgan fingerprint density at radius 1 is 1.24 bits per heavy atom. The van der Waals surface area contributed by atoms with Crippen molar-refractivity contribution in [3.05, 3.63) is 64.0 Å². The summed E-state index contributed by atoms with van der Waals surface area (Å²) in [6.45, 7) is -0.0448. The third kappa shape index (κ3) is 3.30. The van der Waals surface area contributed by atoms with Crippen molar-refractivity contribution in [2.75, 3.05) is 7.11 Å². The molecule has 0 saturated heterocycles. The molecular formula is C16H11F2N3O4. The Morgan fingerprint density at radius 2 is 2.04 bits per heavy atom. The number of nitro benzene ring substituents is 1. The first kappa shape index (κ1) is 16.5. The molecule has 0 spiro atoms. The second kappa shape index (κ2) is 6.63. The van der Waals surface area contributed by atoms with Crippen LogP contribution in [0.15, 0.2) is 36.5 Å². The molecule has 9 heteroatoms. The fourth-order valence-corrected chi connectivity index (χ4v) is 2.29. The van der Waals surface area contributed by atoms with Crippen LogP contribution in [0.1, 0.15) is 5.56 Å². The average Bonchev–Trinajstić information content (AvgIpc) is 2.59. The van der Waals surface area contributed by atoms with E-state index in [1.807, 2.05) is 0 Å². The number of methoxy groups -OCH3 is 1. The maximum absolute atomic E-state index is 13.6. The quantitative estimate of drug-likeness (QED) is 0.519. The summed E-state index contributed by atoms with van der Waals surface area (Å²) in [5.74, 6) is -1.72. The Kier molecular flexibility index (Phi) is 4.38. The molecule has 3 rings (SSSR count). The molecule has 1 heterocycles. The van der Waals surface area contributed by atoms with Crippen molar-refractivity contribution in [1.82, 2.24) is 9.97 Å². The molecule has 0 atom stereocenters. The minimum Gasteiger partial charge on any atom is -0.493 e. The minimum absolute atomic E-state index is 0.00248. The van der Waals surface area contributed by atoms with E-state index < -0.39 is 22.4 Å². The highest BCUT2D eigenvalue weighted by atomic mass is 19.1. The summed E-state index contributed by atoms with van der Waals surface area (Å²) in [7, 11) is 1.29. The number of hydrogen-bond donors (Lipinski definition) is 0. The van der Waals surface area contributed by atoms with E-state index in [0.717, 1.165) is 18.3 Å². The van der Waals surface area contributed by atoms with E-state index in [1.54, 1.807) is 18.2 Å². The molecule has 0 fully saturated rings.